The summed E-state index contributed by atoms with van der Waals surface area (Å²) in [5.41, 5.74) is 2.15. The molecule has 1 aromatic heterocycles. The van der Waals surface area contributed by atoms with E-state index in [0.717, 1.165) is 12.0 Å². The van der Waals surface area contributed by atoms with Crippen molar-refractivity contribution < 1.29 is 9.90 Å². The van der Waals surface area contributed by atoms with Gasteiger partial charge in [0.2, 0.25) is 5.91 Å². The summed E-state index contributed by atoms with van der Waals surface area (Å²) in [5.74, 6) is 0.328. The van der Waals surface area contributed by atoms with E-state index in [0.29, 0.717) is 19.5 Å². The predicted octanol–water partition coefficient (Wildman–Crippen LogP) is 4.58. The number of carbonyl (C=O) groups is 1. The predicted molar refractivity (Wildman–Crippen MR) is 106 cm³/mol. The minimum absolute atomic E-state index is 0.109. The second-order valence-electron chi connectivity index (χ2n) is 6.41. The summed E-state index contributed by atoms with van der Waals surface area (Å²) >= 11 is 1.74. The summed E-state index contributed by atoms with van der Waals surface area (Å²) in [4.78, 5) is 17.3. The summed E-state index contributed by atoms with van der Waals surface area (Å²) in [5, 5.41) is 9.41. The highest BCUT2D eigenvalue weighted by Crippen LogP contribution is 2.19. The molecule has 0 aliphatic rings. The monoisotopic (exact) mass is 365 g/mol. The molecule has 0 aliphatic carbocycles. The van der Waals surface area contributed by atoms with E-state index < -0.39 is 0 Å². The van der Waals surface area contributed by atoms with Crippen molar-refractivity contribution in [3.05, 3.63) is 87.6 Å². The Kier molecular flexibility index (Phi) is 6.08. The van der Waals surface area contributed by atoms with Crippen LogP contribution in [-0.2, 0) is 24.2 Å². The van der Waals surface area contributed by atoms with E-state index in [1.54, 1.807) is 35.6 Å². The smallest absolute Gasteiger partial charge is 0.227 e. The molecule has 0 radical (unpaired) electrons. The molecule has 0 unspecified atom stereocenters. The number of amides is 1. The normalized spacial score (nSPS) is 10.7. The number of nitrogens with zero attached hydrogens (tertiary/aromatic N) is 1. The molecule has 2 aromatic carbocycles. The molecule has 0 saturated carbocycles. The first-order valence-electron chi connectivity index (χ1n) is 8.75. The van der Waals surface area contributed by atoms with Gasteiger partial charge in [-0.1, -0.05) is 42.5 Å². The molecule has 3 aromatic rings. The van der Waals surface area contributed by atoms with Crippen molar-refractivity contribution in [3.63, 3.8) is 0 Å². The van der Waals surface area contributed by atoms with E-state index in [1.807, 2.05) is 23.1 Å². The van der Waals surface area contributed by atoms with Gasteiger partial charge in [0.05, 0.1) is 13.0 Å². The van der Waals surface area contributed by atoms with E-state index in [4.69, 9.17) is 0 Å². The van der Waals surface area contributed by atoms with Gasteiger partial charge >= 0.3 is 0 Å². The minimum Gasteiger partial charge on any atom is -0.508 e. The fourth-order valence-electron chi connectivity index (χ4n) is 2.86. The van der Waals surface area contributed by atoms with Crippen molar-refractivity contribution in [2.24, 2.45) is 0 Å². The van der Waals surface area contributed by atoms with Gasteiger partial charge in [-0.15, -0.1) is 11.3 Å². The molecular weight excluding hydrogens is 342 g/mol. The van der Waals surface area contributed by atoms with Crippen LogP contribution in [0.3, 0.4) is 0 Å². The molecule has 4 heteroatoms. The third-order valence-electron chi connectivity index (χ3n) is 4.30. The molecule has 0 saturated heterocycles. The Morgan fingerprint density at radius 3 is 2.35 bits per heavy atom. The molecule has 0 spiro atoms. The van der Waals surface area contributed by atoms with Crippen LogP contribution in [-0.4, -0.2) is 22.5 Å². The zero-order valence-electron chi connectivity index (χ0n) is 14.9. The number of benzene rings is 2. The molecule has 1 N–H and O–H groups in total. The average Bonchev–Trinajstić information content (AvgIpc) is 3.06. The van der Waals surface area contributed by atoms with Gasteiger partial charge in [0.15, 0.2) is 0 Å². The maximum atomic E-state index is 12.9. The number of phenols is 1. The topological polar surface area (TPSA) is 40.5 Å². The van der Waals surface area contributed by atoms with Gasteiger partial charge in [0.1, 0.15) is 5.75 Å². The van der Waals surface area contributed by atoms with Gasteiger partial charge in [-0.25, -0.2) is 0 Å². The highest BCUT2D eigenvalue weighted by Gasteiger charge is 2.15. The Morgan fingerprint density at radius 2 is 1.69 bits per heavy atom. The van der Waals surface area contributed by atoms with Gasteiger partial charge in [-0.2, -0.15) is 0 Å². The number of rotatable bonds is 7. The molecular formula is C22H23NO2S. The summed E-state index contributed by atoms with van der Waals surface area (Å²) in [6, 6.07) is 21.3. The number of aromatic hydroxyl groups is 1. The van der Waals surface area contributed by atoms with Crippen molar-refractivity contribution >= 4 is 17.2 Å². The van der Waals surface area contributed by atoms with Gasteiger partial charge < -0.3 is 10.0 Å². The van der Waals surface area contributed by atoms with Crippen LogP contribution in [0.15, 0.2) is 66.7 Å². The molecule has 1 amide bonds. The Balaban J connectivity index is 1.70. The van der Waals surface area contributed by atoms with Crippen LogP contribution in [0.5, 0.6) is 5.75 Å². The lowest BCUT2D eigenvalue weighted by molar-refractivity contribution is -0.131. The first-order chi connectivity index (χ1) is 12.6. The van der Waals surface area contributed by atoms with Gasteiger partial charge in [0, 0.05) is 16.3 Å². The third-order valence-corrected chi connectivity index (χ3v) is 5.29. The van der Waals surface area contributed by atoms with Gasteiger partial charge in [-0.05, 0) is 48.7 Å². The van der Waals surface area contributed by atoms with Crippen molar-refractivity contribution in [3.8, 4) is 5.75 Å². The number of aryl methyl sites for hydroxylation is 1. The fourth-order valence-corrected chi connectivity index (χ4v) is 3.77. The van der Waals surface area contributed by atoms with E-state index >= 15 is 0 Å². The van der Waals surface area contributed by atoms with Crippen LogP contribution < -0.4 is 0 Å². The molecule has 0 atom stereocenters. The molecule has 1 heterocycles. The number of phenolic OH excluding ortho intramolecular Hbond substituents is 1. The van der Waals surface area contributed by atoms with Crippen molar-refractivity contribution in [1.29, 1.82) is 0 Å². The van der Waals surface area contributed by atoms with Crippen LogP contribution in [0.4, 0.5) is 0 Å². The van der Waals surface area contributed by atoms with E-state index in [1.165, 1.54) is 15.3 Å². The molecule has 0 bridgehead atoms. The van der Waals surface area contributed by atoms with Crippen molar-refractivity contribution in [1.82, 2.24) is 4.90 Å². The first kappa shape index (κ1) is 18.2. The van der Waals surface area contributed by atoms with Crippen LogP contribution in [0, 0.1) is 6.92 Å². The summed E-state index contributed by atoms with van der Waals surface area (Å²) in [6.45, 7) is 3.42. The molecule has 3 rings (SSSR count). The summed E-state index contributed by atoms with van der Waals surface area (Å²) < 4.78 is 0. The van der Waals surface area contributed by atoms with Gasteiger partial charge in [0.25, 0.3) is 0 Å². The molecule has 0 fully saturated rings. The number of hydrogen-bond donors (Lipinski definition) is 1. The van der Waals surface area contributed by atoms with Crippen molar-refractivity contribution in [2.75, 3.05) is 6.54 Å². The largest absolute Gasteiger partial charge is 0.508 e. The molecule has 0 aliphatic heterocycles. The first-order valence-corrected chi connectivity index (χ1v) is 9.57. The van der Waals surface area contributed by atoms with Crippen molar-refractivity contribution in [2.45, 2.75) is 26.3 Å². The van der Waals surface area contributed by atoms with E-state index in [-0.39, 0.29) is 11.7 Å². The molecule has 3 nitrogen and oxygen atoms in total. The lowest BCUT2D eigenvalue weighted by Gasteiger charge is -2.22. The number of hydrogen-bond acceptors (Lipinski definition) is 3. The standard InChI is InChI=1S/C22H23NO2S/c1-17-7-12-21(26-17)16-23(14-13-18-5-3-2-4-6-18)22(25)15-19-8-10-20(24)11-9-19/h2-12,24H,13-16H2,1H3. The minimum atomic E-state index is 0.109. The highest BCUT2D eigenvalue weighted by molar-refractivity contribution is 7.11. The lowest BCUT2D eigenvalue weighted by atomic mass is 10.1. The highest BCUT2D eigenvalue weighted by atomic mass is 32.1. The Bertz CT molecular complexity index is 840. The second kappa shape index (κ2) is 8.68. The quantitative estimate of drug-likeness (QED) is 0.666. The fraction of sp³-hybridized carbons (Fsp3) is 0.227. The zero-order valence-corrected chi connectivity index (χ0v) is 15.7. The summed E-state index contributed by atoms with van der Waals surface area (Å²) in [7, 11) is 0. The van der Waals surface area contributed by atoms with Gasteiger partial charge in [-0.3, -0.25) is 4.79 Å². The van der Waals surface area contributed by atoms with Crippen LogP contribution in [0.25, 0.3) is 0 Å². The molecule has 26 heavy (non-hydrogen) atoms. The SMILES string of the molecule is Cc1ccc(CN(CCc2ccccc2)C(=O)Cc2ccc(O)cc2)s1. The van der Waals surface area contributed by atoms with E-state index in [9.17, 15) is 9.90 Å². The Morgan fingerprint density at radius 1 is 0.962 bits per heavy atom. The summed E-state index contributed by atoms with van der Waals surface area (Å²) in [6.07, 6.45) is 1.19. The van der Waals surface area contributed by atoms with Crippen LogP contribution in [0.1, 0.15) is 20.9 Å². The Hall–Kier alpha value is -2.59. The third kappa shape index (κ3) is 5.20. The van der Waals surface area contributed by atoms with Crippen LogP contribution >= 0.6 is 11.3 Å². The zero-order chi connectivity index (χ0) is 18.4. The maximum absolute atomic E-state index is 12.9. The van der Waals surface area contributed by atoms with Crippen LogP contribution in [0.2, 0.25) is 0 Å². The second-order valence-corrected chi connectivity index (χ2v) is 7.78. The molecule has 134 valence electrons. The maximum Gasteiger partial charge on any atom is 0.227 e. The van der Waals surface area contributed by atoms with E-state index in [2.05, 4.69) is 31.2 Å². The number of carbonyl (C=O) groups excluding carboxylic acids is 1. The lowest BCUT2D eigenvalue weighted by Crippen LogP contribution is -2.33. The average molecular weight is 365 g/mol. The number of thiophene rings is 1. The Labute approximate surface area is 158 Å².